The van der Waals surface area contributed by atoms with Crippen LogP contribution in [-0.4, -0.2) is 60.6 Å². The highest BCUT2D eigenvalue weighted by Crippen LogP contribution is 2.08. The van der Waals surface area contributed by atoms with Crippen molar-refractivity contribution in [1.29, 1.82) is 0 Å². The molecule has 4 amide bonds. The lowest BCUT2D eigenvalue weighted by molar-refractivity contribution is -0.126. The number of unbranched alkanes of at least 4 members (excludes halogenated alkanes) is 5. The molecular weight excluding hydrogens is 408 g/mol. The van der Waals surface area contributed by atoms with Crippen LogP contribution in [0.3, 0.4) is 0 Å². The molecule has 1 heterocycles. The molecule has 0 aromatic rings. The van der Waals surface area contributed by atoms with Crippen molar-refractivity contribution in [2.75, 3.05) is 27.2 Å². The zero-order valence-electron chi connectivity index (χ0n) is 20.5. The Kier molecular flexibility index (Phi) is 25.7. The predicted molar refractivity (Wildman–Crippen MR) is 131 cm³/mol. The lowest BCUT2D eigenvalue weighted by Crippen LogP contribution is -2.21. The fourth-order valence-electron chi connectivity index (χ4n) is 2.05. The number of likely N-dealkylation sites (tertiary alicyclic amines) is 1. The van der Waals surface area contributed by atoms with Gasteiger partial charge in [0.1, 0.15) is 0 Å². The van der Waals surface area contributed by atoms with Gasteiger partial charge in [0.15, 0.2) is 0 Å². The van der Waals surface area contributed by atoms with E-state index in [2.05, 4.69) is 37.7 Å². The molecule has 1 aliphatic rings. The van der Waals surface area contributed by atoms with Gasteiger partial charge in [-0.15, -0.1) is 0 Å². The lowest BCUT2D eigenvalue weighted by atomic mass is 10.1. The molecule has 0 radical (unpaired) electrons. The van der Waals surface area contributed by atoms with Gasteiger partial charge < -0.3 is 20.9 Å². The number of nitrogens with zero attached hydrogens (tertiary/aromatic N) is 2. The van der Waals surface area contributed by atoms with Crippen molar-refractivity contribution in [1.82, 2.24) is 15.1 Å². The maximum atomic E-state index is 10.7. The molecule has 1 saturated heterocycles. The fourth-order valence-corrected chi connectivity index (χ4v) is 2.05. The van der Waals surface area contributed by atoms with E-state index in [9.17, 15) is 19.2 Å². The van der Waals surface area contributed by atoms with Gasteiger partial charge in [0, 0.05) is 40.5 Å². The molecule has 0 bridgehead atoms. The highest BCUT2D eigenvalue weighted by Gasteiger charge is 2.16. The molecule has 0 aromatic heterocycles. The Morgan fingerprint density at radius 2 is 1.56 bits per heavy atom. The third-order valence-corrected chi connectivity index (χ3v) is 4.18. The van der Waals surface area contributed by atoms with E-state index in [1.165, 1.54) is 50.0 Å². The molecule has 0 spiro atoms. The van der Waals surface area contributed by atoms with Crippen molar-refractivity contribution in [3.8, 4) is 0 Å². The summed E-state index contributed by atoms with van der Waals surface area (Å²) in [5.41, 5.74) is 4.53. The number of hydrogen-bond donors (Lipinski definition) is 2. The average Bonchev–Trinajstić information content (AvgIpc) is 3.19. The average molecular weight is 453 g/mol. The molecule has 1 rings (SSSR count). The molecule has 8 heteroatoms. The van der Waals surface area contributed by atoms with Crippen LogP contribution in [0.2, 0.25) is 0 Å². The number of carbonyl (C=O) groups excluding carboxylic acids is 4. The van der Waals surface area contributed by atoms with Crippen molar-refractivity contribution in [2.45, 2.75) is 65.2 Å². The summed E-state index contributed by atoms with van der Waals surface area (Å²) >= 11 is 0. The van der Waals surface area contributed by atoms with Gasteiger partial charge in [0.2, 0.25) is 23.6 Å². The van der Waals surface area contributed by atoms with Gasteiger partial charge in [-0.2, -0.15) is 0 Å². The number of nitrogens with one attached hydrogen (secondary N) is 1. The zero-order valence-corrected chi connectivity index (χ0v) is 20.5. The van der Waals surface area contributed by atoms with Gasteiger partial charge in [-0.25, -0.2) is 0 Å². The van der Waals surface area contributed by atoms with Crippen molar-refractivity contribution >= 4 is 23.6 Å². The van der Waals surface area contributed by atoms with E-state index in [1.54, 1.807) is 25.2 Å². The monoisotopic (exact) mass is 452 g/mol. The molecule has 0 saturated carbocycles. The molecule has 1 fully saturated rings. The minimum Gasteiger partial charge on any atom is -0.366 e. The van der Waals surface area contributed by atoms with Crippen molar-refractivity contribution in [3.05, 3.63) is 38.1 Å². The molecule has 0 aromatic carbocycles. The number of carbonyl (C=O) groups is 4. The van der Waals surface area contributed by atoms with E-state index in [0.717, 1.165) is 32.0 Å². The summed E-state index contributed by atoms with van der Waals surface area (Å²) in [5, 5.41) is 2.77. The second kappa shape index (κ2) is 24.4. The van der Waals surface area contributed by atoms with Crippen molar-refractivity contribution < 1.29 is 19.2 Å². The molecule has 0 unspecified atom stereocenters. The molecular formula is C24H44N4O4. The Bertz CT molecular complexity index is 574. The van der Waals surface area contributed by atoms with Crippen LogP contribution in [0.15, 0.2) is 38.1 Å². The summed E-state index contributed by atoms with van der Waals surface area (Å²) in [5.74, 6) is -0.242. The van der Waals surface area contributed by atoms with Gasteiger partial charge in [-0.1, -0.05) is 58.8 Å². The maximum absolute atomic E-state index is 10.7. The van der Waals surface area contributed by atoms with Crippen LogP contribution >= 0.6 is 0 Å². The Hall–Kier alpha value is -2.90. The van der Waals surface area contributed by atoms with Crippen LogP contribution in [0.4, 0.5) is 0 Å². The van der Waals surface area contributed by atoms with Crippen LogP contribution in [-0.2, 0) is 19.2 Å². The van der Waals surface area contributed by atoms with E-state index in [4.69, 9.17) is 0 Å². The highest BCUT2D eigenvalue weighted by atomic mass is 16.2. The summed E-state index contributed by atoms with van der Waals surface area (Å²) in [6.07, 6.45) is 13.2. The number of amides is 4. The molecule has 1 aliphatic heterocycles. The van der Waals surface area contributed by atoms with Crippen LogP contribution in [0, 0.1) is 0 Å². The number of rotatable bonds is 10. The number of primary amides is 1. The van der Waals surface area contributed by atoms with Gasteiger partial charge in [-0.05, 0) is 31.2 Å². The van der Waals surface area contributed by atoms with Crippen molar-refractivity contribution in [2.24, 2.45) is 5.73 Å². The first-order valence-corrected chi connectivity index (χ1v) is 11.0. The second-order valence-electron chi connectivity index (χ2n) is 7.16. The minimum absolute atomic E-state index is 0.0615. The third kappa shape index (κ3) is 27.1. The van der Waals surface area contributed by atoms with Crippen LogP contribution in [0.1, 0.15) is 65.2 Å². The first kappa shape index (κ1) is 33.7. The van der Waals surface area contributed by atoms with Crippen LogP contribution < -0.4 is 11.1 Å². The number of nitrogens with two attached hydrogens (primary N) is 1. The zero-order chi connectivity index (χ0) is 25.4. The molecule has 0 atom stereocenters. The Labute approximate surface area is 194 Å². The standard InChI is InChI=1S/C11H21NO.C6H9NO.C4H9NO.C3H5NO/c1-3-5-6-7-8-9-10-12-11(13)4-2;1-2-7-5-3-4-6(7)8;1-4(6)5(2)3;1-2-3(4)5/h4H,2-3,5-10H2,1H3,(H,12,13);2H,1,3-5H2;1-3H3;2H,1H2,(H2,4,5). The topological polar surface area (TPSA) is 113 Å². The minimum atomic E-state index is -0.481. The third-order valence-electron chi connectivity index (χ3n) is 4.18. The summed E-state index contributed by atoms with van der Waals surface area (Å²) in [6.45, 7) is 15.4. The Morgan fingerprint density at radius 3 is 1.88 bits per heavy atom. The fraction of sp³-hybridized carbons (Fsp3) is 0.583. The summed E-state index contributed by atoms with van der Waals surface area (Å²) in [6, 6.07) is 0. The summed E-state index contributed by atoms with van der Waals surface area (Å²) in [7, 11) is 3.45. The smallest absolute Gasteiger partial charge is 0.243 e. The quantitative estimate of drug-likeness (QED) is 0.391. The van der Waals surface area contributed by atoms with E-state index in [-0.39, 0.29) is 17.7 Å². The van der Waals surface area contributed by atoms with E-state index in [0.29, 0.717) is 6.42 Å². The highest BCUT2D eigenvalue weighted by molar-refractivity contribution is 5.86. The first-order valence-electron chi connectivity index (χ1n) is 11.0. The second-order valence-corrected chi connectivity index (χ2v) is 7.16. The van der Waals surface area contributed by atoms with E-state index in [1.807, 2.05) is 0 Å². The molecule has 184 valence electrons. The number of hydrogen-bond acceptors (Lipinski definition) is 4. The van der Waals surface area contributed by atoms with Gasteiger partial charge in [0.05, 0.1) is 0 Å². The van der Waals surface area contributed by atoms with Crippen LogP contribution in [0.25, 0.3) is 0 Å². The molecule has 32 heavy (non-hydrogen) atoms. The Morgan fingerprint density at radius 1 is 1.06 bits per heavy atom. The predicted octanol–water partition coefficient (Wildman–Crippen LogP) is 3.15. The van der Waals surface area contributed by atoms with E-state index >= 15 is 0 Å². The molecule has 8 nitrogen and oxygen atoms in total. The van der Waals surface area contributed by atoms with Crippen LogP contribution in [0.5, 0.6) is 0 Å². The van der Waals surface area contributed by atoms with Gasteiger partial charge >= 0.3 is 0 Å². The maximum Gasteiger partial charge on any atom is 0.243 e. The van der Waals surface area contributed by atoms with Crippen molar-refractivity contribution in [3.63, 3.8) is 0 Å². The SMILES string of the molecule is C=CC(=O)NCCCCCCCC.C=CC(N)=O.C=CN1CCCC1=O.CC(=O)N(C)C. The molecule has 0 aliphatic carbocycles. The Balaban J connectivity index is -0.000000379. The van der Waals surface area contributed by atoms with Gasteiger partial charge in [0.25, 0.3) is 0 Å². The lowest BCUT2D eigenvalue weighted by Gasteiger charge is -2.05. The van der Waals surface area contributed by atoms with E-state index < -0.39 is 5.91 Å². The normalized spacial score (nSPS) is 11.2. The largest absolute Gasteiger partial charge is 0.366 e. The molecule has 3 N–H and O–H groups in total. The first-order chi connectivity index (χ1) is 15.1. The summed E-state index contributed by atoms with van der Waals surface area (Å²) < 4.78 is 0. The summed E-state index contributed by atoms with van der Waals surface area (Å²) in [4.78, 5) is 44.1. The van der Waals surface area contributed by atoms with Gasteiger partial charge in [-0.3, -0.25) is 19.2 Å².